The lowest BCUT2D eigenvalue weighted by atomic mass is 9.84. The van der Waals surface area contributed by atoms with Gasteiger partial charge in [-0.2, -0.15) is 0 Å². The van der Waals surface area contributed by atoms with Crippen molar-refractivity contribution in [3.63, 3.8) is 0 Å². The summed E-state index contributed by atoms with van der Waals surface area (Å²) in [5, 5.41) is 9.82. The number of hydrogen-bond acceptors (Lipinski definition) is 5. The second-order valence-electron chi connectivity index (χ2n) is 13.4. The third-order valence-electron chi connectivity index (χ3n) is 8.39. The molecule has 4 aromatic rings. The van der Waals surface area contributed by atoms with Gasteiger partial charge in [0.25, 0.3) is 0 Å². The molecule has 254 valence electrons. The number of carbonyl (C=O) groups excluding carboxylic acids is 2. The Labute approximate surface area is 291 Å². The Bertz CT molecular complexity index is 1480. The molecule has 0 unspecified atom stereocenters. The lowest BCUT2D eigenvalue weighted by molar-refractivity contribution is -0.124. The number of amides is 2. The summed E-state index contributed by atoms with van der Waals surface area (Å²) in [6.45, 7) is 12.6. The minimum absolute atomic E-state index is 0.0540. The zero-order valence-corrected chi connectivity index (χ0v) is 30.0. The van der Waals surface area contributed by atoms with E-state index in [1.54, 1.807) is 11.8 Å². The predicted octanol–water partition coefficient (Wildman–Crippen LogP) is 8.23. The highest BCUT2D eigenvalue weighted by Crippen LogP contribution is 2.48. The van der Waals surface area contributed by atoms with Gasteiger partial charge < -0.3 is 20.7 Å². The van der Waals surface area contributed by atoms with E-state index in [4.69, 9.17) is 4.74 Å². The van der Waals surface area contributed by atoms with E-state index in [9.17, 15) is 9.59 Å². The Kier molecular flexibility index (Phi) is 13.3. The van der Waals surface area contributed by atoms with Crippen LogP contribution in [0.15, 0.2) is 115 Å². The maximum atomic E-state index is 13.6. The average molecular weight is 666 g/mol. The number of benzene rings is 4. The van der Waals surface area contributed by atoms with Crippen molar-refractivity contribution < 1.29 is 14.3 Å². The normalized spacial score (nSPS) is 13.6. The SMILES string of the molecule is CC[C@H](C)[C@H](NC[C@H](CSC(c1ccccc1)(c1ccccc1)c1ccccc1)NC(=O)OC(C)(C)C)C(=O)NCc1cccc(C)c1. The molecule has 3 atom stereocenters. The van der Waals surface area contributed by atoms with Crippen LogP contribution in [0.4, 0.5) is 4.79 Å². The van der Waals surface area contributed by atoms with Crippen LogP contribution in [0.25, 0.3) is 0 Å². The summed E-state index contributed by atoms with van der Waals surface area (Å²) in [6.07, 6.45) is 0.344. The first-order chi connectivity index (χ1) is 23.0. The van der Waals surface area contributed by atoms with E-state index in [0.29, 0.717) is 18.8 Å². The van der Waals surface area contributed by atoms with Crippen LogP contribution < -0.4 is 16.0 Å². The molecular weight excluding hydrogens is 615 g/mol. The van der Waals surface area contributed by atoms with Crippen LogP contribution in [-0.4, -0.2) is 42.0 Å². The standard InChI is InChI=1S/C41H51N3O3S/c1-7-31(3)37(38(45)43-27-32-19-17-18-30(2)26-32)42-28-36(44-39(46)47-40(4,5)6)29-48-41(33-20-11-8-12-21-33,34-22-13-9-14-23-34)35-24-15-10-16-25-35/h8-26,31,36-37,42H,7,27-29H2,1-6H3,(H,43,45)(H,44,46)/t31-,36+,37-/m0/s1. The van der Waals surface area contributed by atoms with Crippen LogP contribution in [0.3, 0.4) is 0 Å². The average Bonchev–Trinajstić information content (AvgIpc) is 3.08. The maximum absolute atomic E-state index is 13.6. The number of aryl methyl sites for hydroxylation is 1. The molecule has 0 aliphatic carbocycles. The Balaban J connectivity index is 1.63. The number of nitrogens with one attached hydrogen (secondary N) is 3. The van der Waals surface area contributed by atoms with Crippen molar-refractivity contribution in [3.05, 3.63) is 143 Å². The number of ether oxygens (including phenoxy) is 1. The fraction of sp³-hybridized carbons (Fsp3) is 0.366. The summed E-state index contributed by atoms with van der Waals surface area (Å²) in [5.41, 5.74) is 5.00. The lowest BCUT2D eigenvalue weighted by Crippen LogP contribution is -2.53. The summed E-state index contributed by atoms with van der Waals surface area (Å²) < 4.78 is 5.15. The van der Waals surface area contributed by atoms with Crippen LogP contribution >= 0.6 is 11.8 Å². The third-order valence-corrected chi connectivity index (χ3v) is 10.1. The molecule has 3 N–H and O–H groups in total. The van der Waals surface area contributed by atoms with Crippen LogP contribution in [0, 0.1) is 12.8 Å². The van der Waals surface area contributed by atoms with Crippen molar-refractivity contribution in [2.24, 2.45) is 5.92 Å². The number of hydrogen-bond donors (Lipinski definition) is 3. The van der Waals surface area contributed by atoms with E-state index >= 15 is 0 Å². The minimum Gasteiger partial charge on any atom is -0.444 e. The number of rotatable bonds is 15. The molecule has 6 nitrogen and oxygen atoms in total. The molecule has 2 amide bonds. The highest BCUT2D eigenvalue weighted by Gasteiger charge is 2.38. The first-order valence-corrected chi connectivity index (χ1v) is 17.9. The molecule has 7 heteroatoms. The molecule has 0 bridgehead atoms. The fourth-order valence-electron chi connectivity index (χ4n) is 5.80. The molecule has 48 heavy (non-hydrogen) atoms. The van der Waals surface area contributed by atoms with Crippen LogP contribution in [0.5, 0.6) is 0 Å². The summed E-state index contributed by atoms with van der Waals surface area (Å²) in [5.74, 6) is 0.569. The molecule has 0 saturated carbocycles. The molecular formula is C41H51N3O3S. The van der Waals surface area contributed by atoms with Crippen molar-refractivity contribution in [1.29, 1.82) is 0 Å². The molecule has 0 fully saturated rings. The predicted molar refractivity (Wildman–Crippen MR) is 199 cm³/mol. The Morgan fingerprint density at radius 2 is 1.33 bits per heavy atom. The topological polar surface area (TPSA) is 79.5 Å². The molecule has 0 radical (unpaired) electrons. The van der Waals surface area contributed by atoms with Crippen molar-refractivity contribution in [2.45, 2.75) is 76.9 Å². The van der Waals surface area contributed by atoms with Gasteiger partial charge in [0.2, 0.25) is 5.91 Å². The molecule has 0 aromatic heterocycles. The van der Waals surface area contributed by atoms with Crippen LogP contribution in [0.1, 0.15) is 68.9 Å². The van der Waals surface area contributed by atoms with Gasteiger partial charge in [-0.05, 0) is 55.9 Å². The largest absolute Gasteiger partial charge is 0.444 e. The van der Waals surface area contributed by atoms with E-state index in [1.807, 2.05) is 64.1 Å². The van der Waals surface area contributed by atoms with Gasteiger partial charge in [-0.15, -0.1) is 11.8 Å². The van der Waals surface area contributed by atoms with E-state index in [0.717, 1.165) is 34.2 Å². The van der Waals surface area contributed by atoms with Crippen molar-refractivity contribution in [2.75, 3.05) is 12.3 Å². The molecule has 4 rings (SSSR count). The molecule has 0 aliphatic rings. The quantitative estimate of drug-likeness (QED) is 0.112. The van der Waals surface area contributed by atoms with Gasteiger partial charge in [-0.3, -0.25) is 4.79 Å². The second-order valence-corrected chi connectivity index (χ2v) is 14.6. The van der Waals surface area contributed by atoms with Gasteiger partial charge in [0.1, 0.15) is 5.60 Å². The number of carbonyl (C=O) groups is 2. The van der Waals surface area contributed by atoms with Gasteiger partial charge >= 0.3 is 6.09 Å². The van der Waals surface area contributed by atoms with Gasteiger partial charge in [0.15, 0.2) is 0 Å². The number of thioether (sulfide) groups is 1. The van der Waals surface area contributed by atoms with E-state index in [-0.39, 0.29) is 17.9 Å². The summed E-state index contributed by atoms with van der Waals surface area (Å²) in [6, 6.07) is 38.9. The Morgan fingerprint density at radius 1 is 0.792 bits per heavy atom. The molecule has 0 aliphatic heterocycles. The zero-order chi connectivity index (χ0) is 34.6. The second kappa shape index (κ2) is 17.4. The zero-order valence-electron chi connectivity index (χ0n) is 29.2. The van der Waals surface area contributed by atoms with Gasteiger partial charge in [0.05, 0.1) is 16.8 Å². The van der Waals surface area contributed by atoms with Crippen molar-refractivity contribution in [3.8, 4) is 0 Å². The molecule has 0 heterocycles. The first-order valence-electron chi connectivity index (χ1n) is 16.9. The summed E-state index contributed by atoms with van der Waals surface area (Å²) in [7, 11) is 0. The fourth-order valence-corrected chi connectivity index (χ4v) is 7.36. The molecule has 0 saturated heterocycles. The number of alkyl carbamates (subject to hydrolysis) is 1. The maximum Gasteiger partial charge on any atom is 0.407 e. The molecule has 4 aromatic carbocycles. The monoisotopic (exact) mass is 665 g/mol. The Hall–Kier alpha value is -4.07. The molecule has 0 spiro atoms. The lowest BCUT2D eigenvalue weighted by Gasteiger charge is -2.37. The highest BCUT2D eigenvalue weighted by molar-refractivity contribution is 8.00. The van der Waals surface area contributed by atoms with E-state index in [2.05, 4.69) is 109 Å². The van der Waals surface area contributed by atoms with Crippen LogP contribution in [-0.2, 0) is 20.8 Å². The smallest absolute Gasteiger partial charge is 0.407 e. The summed E-state index contributed by atoms with van der Waals surface area (Å²) >= 11 is 1.77. The van der Waals surface area contributed by atoms with Gasteiger partial charge in [-0.25, -0.2) is 4.79 Å². The van der Waals surface area contributed by atoms with Crippen molar-refractivity contribution in [1.82, 2.24) is 16.0 Å². The highest BCUT2D eigenvalue weighted by atomic mass is 32.2. The van der Waals surface area contributed by atoms with E-state index in [1.165, 1.54) is 0 Å². The van der Waals surface area contributed by atoms with E-state index < -0.39 is 22.5 Å². The third kappa shape index (κ3) is 10.2. The van der Waals surface area contributed by atoms with Crippen molar-refractivity contribution >= 4 is 23.8 Å². The van der Waals surface area contributed by atoms with Gasteiger partial charge in [0, 0.05) is 18.8 Å². The minimum atomic E-state index is -0.647. The summed E-state index contributed by atoms with van der Waals surface area (Å²) in [4.78, 5) is 26.8. The van der Waals surface area contributed by atoms with Crippen LogP contribution in [0.2, 0.25) is 0 Å². The Morgan fingerprint density at radius 3 is 1.81 bits per heavy atom. The first kappa shape index (κ1) is 36.8. The van der Waals surface area contributed by atoms with Gasteiger partial charge in [-0.1, -0.05) is 141 Å².